The zero-order valence-electron chi connectivity index (χ0n) is 18.7. The average molecular weight is 476 g/mol. The summed E-state index contributed by atoms with van der Waals surface area (Å²) >= 11 is 2.93. The van der Waals surface area contributed by atoms with Gasteiger partial charge in [0.25, 0.3) is 5.56 Å². The van der Waals surface area contributed by atoms with Crippen LogP contribution in [0, 0.1) is 13.8 Å². The monoisotopic (exact) mass is 475 g/mol. The number of nitrogens with one attached hydrogen (secondary N) is 1. The number of para-hydroxylation sites is 1. The molecule has 168 valence electrons. The number of rotatable bonds is 5. The second kappa shape index (κ2) is 9.15. The van der Waals surface area contributed by atoms with Crippen LogP contribution in [-0.4, -0.2) is 21.2 Å². The smallest absolute Gasteiger partial charge is 0.267 e. The number of hydrogen-bond donors (Lipinski definition) is 1. The Kier molecular flexibility index (Phi) is 6.08. The van der Waals surface area contributed by atoms with E-state index < -0.39 is 0 Å². The van der Waals surface area contributed by atoms with Crippen molar-refractivity contribution in [1.82, 2.24) is 9.55 Å². The number of thiophene rings is 1. The molecule has 0 atom stereocenters. The Hall–Kier alpha value is -2.90. The van der Waals surface area contributed by atoms with Gasteiger partial charge in [-0.3, -0.25) is 14.2 Å². The minimum absolute atomic E-state index is 0.0389. The first kappa shape index (κ1) is 21.9. The number of aryl methyl sites for hydroxylation is 4. The summed E-state index contributed by atoms with van der Waals surface area (Å²) in [5.41, 5.74) is 4.83. The molecule has 5 rings (SSSR count). The van der Waals surface area contributed by atoms with E-state index in [1.54, 1.807) is 15.9 Å². The zero-order valence-corrected chi connectivity index (χ0v) is 20.3. The van der Waals surface area contributed by atoms with Gasteiger partial charge in [0, 0.05) is 10.6 Å². The number of amides is 1. The third-order valence-electron chi connectivity index (χ3n) is 5.97. The fourth-order valence-electron chi connectivity index (χ4n) is 4.27. The van der Waals surface area contributed by atoms with Gasteiger partial charge in [-0.25, -0.2) is 4.98 Å². The molecule has 1 aliphatic carbocycles. The van der Waals surface area contributed by atoms with E-state index in [0.717, 1.165) is 58.4 Å². The second-order valence-electron chi connectivity index (χ2n) is 8.42. The molecule has 0 saturated heterocycles. The van der Waals surface area contributed by atoms with E-state index in [2.05, 4.69) is 5.32 Å². The number of carbonyl (C=O) groups is 1. The van der Waals surface area contributed by atoms with Crippen LogP contribution in [0.2, 0.25) is 0 Å². The van der Waals surface area contributed by atoms with Gasteiger partial charge in [0.05, 0.1) is 16.8 Å². The van der Waals surface area contributed by atoms with E-state index in [4.69, 9.17) is 4.98 Å². The van der Waals surface area contributed by atoms with Crippen molar-refractivity contribution in [2.45, 2.75) is 44.7 Å². The molecule has 2 heterocycles. The summed E-state index contributed by atoms with van der Waals surface area (Å²) in [5.74, 6) is 0.0524. The van der Waals surface area contributed by atoms with Crippen LogP contribution in [0.5, 0.6) is 0 Å². The van der Waals surface area contributed by atoms with Gasteiger partial charge in [0.1, 0.15) is 4.83 Å². The highest BCUT2D eigenvalue weighted by molar-refractivity contribution is 7.99. The van der Waals surface area contributed by atoms with Crippen molar-refractivity contribution in [3.05, 3.63) is 80.5 Å². The first-order valence-corrected chi connectivity index (χ1v) is 12.9. The van der Waals surface area contributed by atoms with Gasteiger partial charge in [-0.2, -0.15) is 0 Å². The summed E-state index contributed by atoms with van der Waals surface area (Å²) < 4.78 is 1.67. The highest BCUT2D eigenvalue weighted by atomic mass is 32.2. The first-order valence-electron chi connectivity index (χ1n) is 11.1. The Morgan fingerprint density at radius 3 is 2.73 bits per heavy atom. The molecule has 5 nitrogen and oxygen atoms in total. The first-order chi connectivity index (χ1) is 16.0. The number of aromatic nitrogens is 2. The molecule has 2 aromatic heterocycles. The zero-order chi connectivity index (χ0) is 22.9. The van der Waals surface area contributed by atoms with Crippen LogP contribution in [0.25, 0.3) is 15.9 Å². The van der Waals surface area contributed by atoms with Crippen LogP contribution in [0.15, 0.2) is 58.5 Å². The Morgan fingerprint density at radius 1 is 1.12 bits per heavy atom. The fourth-order valence-corrected chi connectivity index (χ4v) is 6.39. The van der Waals surface area contributed by atoms with E-state index in [1.807, 2.05) is 62.4 Å². The topological polar surface area (TPSA) is 64.0 Å². The molecule has 1 aliphatic rings. The van der Waals surface area contributed by atoms with Crippen molar-refractivity contribution < 1.29 is 4.79 Å². The van der Waals surface area contributed by atoms with E-state index in [9.17, 15) is 9.59 Å². The standard InChI is InChI=1S/C26H25N3O2S2/c1-16-12-13-17(2)20(14-16)27-22(30)15-32-26-28-24-23(19-10-6-7-11-21(19)33-24)25(31)29(26)18-8-4-3-5-9-18/h3-5,8-9,12-14H,6-7,10-11,15H2,1-2H3,(H,27,30). The number of thioether (sulfide) groups is 1. The lowest BCUT2D eigenvalue weighted by atomic mass is 9.97. The minimum atomic E-state index is -0.117. The predicted molar refractivity (Wildman–Crippen MR) is 137 cm³/mol. The molecule has 0 saturated carbocycles. The van der Waals surface area contributed by atoms with Gasteiger partial charge < -0.3 is 5.32 Å². The molecule has 0 spiro atoms. The molecule has 0 radical (unpaired) electrons. The highest BCUT2D eigenvalue weighted by Crippen LogP contribution is 2.35. The molecule has 1 amide bonds. The van der Waals surface area contributed by atoms with Crippen molar-refractivity contribution in [2.24, 2.45) is 0 Å². The van der Waals surface area contributed by atoms with Crippen molar-refractivity contribution in [3.63, 3.8) is 0 Å². The Morgan fingerprint density at radius 2 is 1.91 bits per heavy atom. The van der Waals surface area contributed by atoms with Gasteiger partial charge in [0.2, 0.25) is 5.91 Å². The largest absolute Gasteiger partial charge is 0.325 e. The maximum atomic E-state index is 13.7. The van der Waals surface area contributed by atoms with Crippen molar-refractivity contribution in [2.75, 3.05) is 11.1 Å². The Bertz CT molecular complexity index is 1410. The van der Waals surface area contributed by atoms with E-state index >= 15 is 0 Å². The molecule has 33 heavy (non-hydrogen) atoms. The number of fused-ring (bicyclic) bond motifs is 3. The van der Waals surface area contributed by atoms with Gasteiger partial charge >= 0.3 is 0 Å². The number of anilines is 1. The minimum Gasteiger partial charge on any atom is -0.325 e. The van der Waals surface area contributed by atoms with Crippen LogP contribution in [0.4, 0.5) is 5.69 Å². The molecular formula is C26H25N3O2S2. The quantitative estimate of drug-likeness (QED) is 0.298. The highest BCUT2D eigenvalue weighted by Gasteiger charge is 2.23. The summed E-state index contributed by atoms with van der Waals surface area (Å²) in [7, 11) is 0. The normalized spacial score (nSPS) is 13.2. The van der Waals surface area contributed by atoms with Gasteiger partial charge in [-0.1, -0.05) is 42.1 Å². The Labute approximate surface area is 200 Å². The van der Waals surface area contributed by atoms with E-state index in [1.165, 1.54) is 22.2 Å². The number of benzene rings is 2. The van der Waals surface area contributed by atoms with Gasteiger partial charge in [-0.05, 0) is 74.4 Å². The number of carbonyl (C=O) groups excluding carboxylic acids is 1. The lowest BCUT2D eigenvalue weighted by molar-refractivity contribution is -0.113. The van der Waals surface area contributed by atoms with Gasteiger partial charge in [0.15, 0.2) is 5.16 Å². The van der Waals surface area contributed by atoms with Crippen molar-refractivity contribution >= 4 is 44.9 Å². The average Bonchev–Trinajstić information content (AvgIpc) is 3.19. The summed E-state index contributed by atoms with van der Waals surface area (Å²) in [6.07, 6.45) is 4.22. The summed E-state index contributed by atoms with van der Waals surface area (Å²) in [6.45, 7) is 3.98. The molecule has 0 bridgehead atoms. The summed E-state index contributed by atoms with van der Waals surface area (Å²) in [5, 5.41) is 4.30. The molecule has 7 heteroatoms. The molecular weight excluding hydrogens is 450 g/mol. The lowest BCUT2D eigenvalue weighted by Crippen LogP contribution is -2.23. The van der Waals surface area contributed by atoms with Crippen molar-refractivity contribution in [3.8, 4) is 5.69 Å². The van der Waals surface area contributed by atoms with Crippen LogP contribution in [0.1, 0.15) is 34.4 Å². The molecule has 0 aliphatic heterocycles. The number of nitrogens with zero attached hydrogens (tertiary/aromatic N) is 2. The van der Waals surface area contributed by atoms with Crippen LogP contribution >= 0.6 is 23.1 Å². The molecule has 4 aromatic rings. The Balaban J connectivity index is 1.51. The SMILES string of the molecule is Cc1ccc(C)c(NC(=O)CSc2nc3sc4c(c3c(=O)n2-c2ccccc2)CCCC4)c1. The summed E-state index contributed by atoms with van der Waals surface area (Å²) in [6, 6.07) is 15.6. The van der Waals surface area contributed by atoms with Crippen LogP contribution < -0.4 is 10.9 Å². The maximum Gasteiger partial charge on any atom is 0.267 e. The fraction of sp³-hybridized carbons (Fsp3) is 0.269. The second-order valence-corrected chi connectivity index (χ2v) is 10.4. The maximum absolute atomic E-state index is 13.7. The molecule has 0 unspecified atom stereocenters. The van der Waals surface area contributed by atoms with E-state index in [-0.39, 0.29) is 17.2 Å². The van der Waals surface area contributed by atoms with Gasteiger partial charge in [-0.15, -0.1) is 11.3 Å². The molecule has 2 aromatic carbocycles. The third-order valence-corrected chi connectivity index (χ3v) is 8.10. The lowest BCUT2D eigenvalue weighted by Gasteiger charge is -2.14. The molecule has 0 fully saturated rings. The number of hydrogen-bond acceptors (Lipinski definition) is 5. The predicted octanol–water partition coefficient (Wildman–Crippen LogP) is 5.67. The third kappa shape index (κ3) is 4.35. The van der Waals surface area contributed by atoms with Crippen LogP contribution in [0.3, 0.4) is 0 Å². The summed E-state index contributed by atoms with van der Waals surface area (Å²) in [4.78, 5) is 33.4. The van der Waals surface area contributed by atoms with Crippen LogP contribution in [-0.2, 0) is 17.6 Å². The molecule has 1 N–H and O–H groups in total. The van der Waals surface area contributed by atoms with E-state index in [0.29, 0.717) is 5.16 Å². The van der Waals surface area contributed by atoms with Crippen molar-refractivity contribution in [1.29, 1.82) is 0 Å².